The van der Waals surface area contributed by atoms with E-state index in [4.69, 9.17) is 49.1 Å². The highest BCUT2D eigenvalue weighted by atomic mass is 16.5. The lowest BCUT2D eigenvalue weighted by Crippen LogP contribution is -2.18. The largest absolute Gasteiger partial charge is 0.496 e. The van der Waals surface area contributed by atoms with Crippen LogP contribution in [0.25, 0.3) is 56.7 Å². The molecule has 372 valence electrons. The minimum absolute atomic E-state index is 0.117. The number of hydrogen-bond donors (Lipinski definition) is 0. The summed E-state index contributed by atoms with van der Waals surface area (Å²) in [7, 11) is 6.62. The fourth-order valence-electron chi connectivity index (χ4n) is 9.84. The fraction of sp³-hybridized carbons (Fsp3) is 0.250. The number of imidazole rings is 2. The van der Waals surface area contributed by atoms with Crippen LogP contribution in [0.3, 0.4) is 0 Å². The lowest BCUT2D eigenvalue weighted by atomic mass is 9.89. The predicted octanol–water partition coefficient (Wildman–Crippen LogP) is 9.68. The monoisotopic (exact) mass is 986 g/mol. The molecule has 12 rings (SSSR count). The van der Waals surface area contributed by atoms with Gasteiger partial charge in [0.2, 0.25) is 11.8 Å². The highest BCUT2D eigenvalue weighted by Gasteiger charge is 2.30. The molecule has 10 aromatic rings. The number of benzene rings is 2. The molecule has 2 atom stereocenters. The van der Waals surface area contributed by atoms with Gasteiger partial charge in [-0.05, 0) is 111 Å². The highest BCUT2D eigenvalue weighted by Crippen LogP contribution is 2.41. The lowest BCUT2D eigenvalue weighted by molar-refractivity contribution is 0.396. The van der Waals surface area contributed by atoms with Crippen molar-refractivity contribution in [1.82, 2.24) is 68.6 Å². The van der Waals surface area contributed by atoms with E-state index in [1.807, 2.05) is 118 Å². The molecule has 0 unspecified atom stereocenters. The van der Waals surface area contributed by atoms with E-state index in [9.17, 15) is 0 Å². The van der Waals surface area contributed by atoms with Crippen LogP contribution in [0.2, 0.25) is 0 Å². The number of aryl methyl sites for hydroxylation is 4. The first kappa shape index (κ1) is 47.3. The third kappa shape index (κ3) is 9.32. The maximum atomic E-state index is 5.65. The second kappa shape index (κ2) is 20.6. The predicted molar refractivity (Wildman–Crippen MR) is 278 cm³/mol. The summed E-state index contributed by atoms with van der Waals surface area (Å²) in [5, 5.41) is 9.65. The standard InChI is InChI=1S/2C28H27N7O2/c2*1-18-16-34(17-30-18)24-10-9-23(31-28(24)37-3)26-32-27-21(7-5-13-35(27)33-26)19-8-11-25(36-2)22(14-19)20-6-4-12-29-15-20/h2*4,6,8-12,14-17,21H,5,7,13H2,1-3H3/t2*21-/m10/s1. The zero-order chi connectivity index (χ0) is 50.7. The molecule has 0 aliphatic carbocycles. The summed E-state index contributed by atoms with van der Waals surface area (Å²) in [4.78, 5) is 36.6. The number of aromatic nitrogens is 14. The van der Waals surface area contributed by atoms with Crippen molar-refractivity contribution >= 4 is 0 Å². The van der Waals surface area contributed by atoms with Crippen molar-refractivity contribution in [3.63, 3.8) is 0 Å². The Bertz CT molecular complexity index is 3350. The molecular formula is C56H54N14O4. The van der Waals surface area contributed by atoms with Gasteiger partial charge in [0, 0.05) is 84.4 Å². The minimum Gasteiger partial charge on any atom is -0.496 e. The van der Waals surface area contributed by atoms with E-state index in [0.717, 1.165) is 107 Å². The third-order valence-corrected chi connectivity index (χ3v) is 13.5. The Hall–Kier alpha value is -9.06. The van der Waals surface area contributed by atoms with E-state index in [1.54, 1.807) is 53.5 Å². The van der Waals surface area contributed by atoms with Gasteiger partial charge in [-0.15, -0.1) is 10.2 Å². The maximum absolute atomic E-state index is 5.65. The molecule has 2 aromatic carbocycles. The molecule has 0 radical (unpaired) electrons. The van der Waals surface area contributed by atoms with Crippen LogP contribution in [0.15, 0.2) is 135 Å². The summed E-state index contributed by atoms with van der Waals surface area (Å²) >= 11 is 0. The second-order valence-electron chi connectivity index (χ2n) is 18.1. The van der Waals surface area contributed by atoms with Gasteiger partial charge in [0.1, 0.15) is 45.9 Å². The van der Waals surface area contributed by atoms with Crippen LogP contribution < -0.4 is 18.9 Å². The zero-order valence-corrected chi connectivity index (χ0v) is 42.0. The molecule has 0 saturated heterocycles. The van der Waals surface area contributed by atoms with Gasteiger partial charge in [0.25, 0.3) is 0 Å². The Balaban J connectivity index is 0.000000159. The van der Waals surface area contributed by atoms with Crippen LogP contribution in [0.4, 0.5) is 0 Å². The first-order chi connectivity index (χ1) is 36.3. The Kier molecular flexibility index (Phi) is 13.1. The van der Waals surface area contributed by atoms with Crippen LogP contribution in [0, 0.1) is 13.8 Å². The molecule has 0 bridgehead atoms. The van der Waals surface area contributed by atoms with Gasteiger partial charge in [-0.3, -0.25) is 9.97 Å². The maximum Gasteiger partial charge on any atom is 0.238 e. The number of nitrogens with zero attached hydrogens (tertiary/aromatic N) is 14. The molecular weight excluding hydrogens is 933 g/mol. The Labute approximate surface area is 427 Å². The number of hydrogen-bond acceptors (Lipinski definition) is 14. The van der Waals surface area contributed by atoms with Crippen molar-refractivity contribution in [2.45, 2.75) is 64.5 Å². The summed E-state index contributed by atoms with van der Waals surface area (Å²) < 4.78 is 30.3. The molecule has 0 N–H and O–H groups in total. The van der Waals surface area contributed by atoms with Crippen LogP contribution in [0.1, 0.15) is 71.7 Å². The van der Waals surface area contributed by atoms with E-state index >= 15 is 0 Å². The summed E-state index contributed by atoms with van der Waals surface area (Å²) in [6.07, 6.45) is 18.7. The summed E-state index contributed by atoms with van der Waals surface area (Å²) in [6.45, 7) is 5.55. The van der Waals surface area contributed by atoms with E-state index in [0.29, 0.717) is 34.8 Å². The average molecular weight is 987 g/mol. The molecule has 18 heteroatoms. The molecule has 2 aliphatic rings. The smallest absolute Gasteiger partial charge is 0.238 e. The first-order valence-electron chi connectivity index (χ1n) is 24.5. The summed E-state index contributed by atoms with van der Waals surface area (Å²) in [5.41, 5.74) is 11.2. The first-order valence-corrected chi connectivity index (χ1v) is 24.5. The Morgan fingerprint density at radius 1 is 0.514 bits per heavy atom. The molecule has 74 heavy (non-hydrogen) atoms. The van der Waals surface area contributed by atoms with Crippen molar-refractivity contribution in [3.8, 4) is 79.9 Å². The van der Waals surface area contributed by atoms with E-state index in [-0.39, 0.29) is 11.8 Å². The number of fused-ring (bicyclic) bond motifs is 2. The van der Waals surface area contributed by atoms with E-state index < -0.39 is 0 Å². The van der Waals surface area contributed by atoms with Crippen molar-refractivity contribution in [2.24, 2.45) is 0 Å². The summed E-state index contributed by atoms with van der Waals surface area (Å²) in [5.74, 6) is 5.93. The zero-order valence-electron chi connectivity index (χ0n) is 42.0. The molecule has 10 heterocycles. The molecule has 18 nitrogen and oxygen atoms in total. The second-order valence-corrected chi connectivity index (χ2v) is 18.1. The normalized spacial score (nSPS) is 14.8. The Morgan fingerprint density at radius 2 is 0.973 bits per heavy atom. The molecule has 0 saturated carbocycles. The van der Waals surface area contributed by atoms with Gasteiger partial charge in [-0.1, -0.05) is 24.3 Å². The van der Waals surface area contributed by atoms with Crippen LogP contribution >= 0.6 is 0 Å². The van der Waals surface area contributed by atoms with E-state index in [1.165, 1.54) is 11.1 Å². The topological polar surface area (TPSA) is 186 Å². The average Bonchev–Trinajstić information content (AvgIpc) is 4.30. The minimum atomic E-state index is 0.117. The molecule has 8 aromatic heterocycles. The van der Waals surface area contributed by atoms with Crippen LogP contribution in [-0.4, -0.2) is 97.0 Å². The fourth-order valence-corrected chi connectivity index (χ4v) is 9.84. The molecule has 0 amide bonds. The molecule has 0 fully saturated rings. The third-order valence-electron chi connectivity index (χ3n) is 13.5. The van der Waals surface area contributed by atoms with Crippen molar-refractivity contribution in [2.75, 3.05) is 28.4 Å². The SMILES string of the molecule is COc1ccc([C@@H]2CCCn3nc(-c4ccc(-n5cnc(C)c5)c(OC)n4)nc32)cc1-c1cccnc1.COc1ccc([C@H]2CCCn3nc(-c4ccc(-n5cnc(C)c5)c(OC)n4)nc32)cc1-c1cccnc1. The van der Waals surface area contributed by atoms with E-state index in [2.05, 4.69) is 44.2 Å². The van der Waals surface area contributed by atoms with Gasteiger partial charge in [0.15, 0.2) is 11.6 Å². The lowest BCUT2D eigenvalue weighted by Gasteiger charge is -2.23. The number of rotatable bonds is 12. The number of ether oxygens (including phenoxy) is 4. The van der Waals surface area contributed by atoms with Crippen LogP contribution in [0.5, 0.6) is 23.3 Å². The van der Waals surface area contributed by atoms with Gasteiger partial charge in [-0.25, -0.2) is 39.3 Å². The van der Waals surface area contributed by atoms with Crippen molar-refractivity contribution < 1.29 is 18.9 Å². The van der Waals surface area contributed by atoms with Gasteiger partial charge in [0.05, 0.1) is 52.5 Å². The van der Waals surface area contributed by atoms with Crippen molar-refractivity contribution in [3.05, 3.63) is 169 Å². The Morgan fingerprint density at radius 3 is 1.35 bits per heavy atom. The molecule has 0 spiro atoms. The highest BCUT2D eigenvalue weighted by molar-refractivity contribution is 5.72. The van der Waals surface area contributed by atoms with Crippen molar-refractivity contribution in [1.29, 1.82) is 0 Å². The summed E-state index contributed by atoms with van der Waals surface area (Å²) in [6, 6.07) is 28.4. The van der Waals surface area contributed by atoms with Crippen LogP contribution in [-0.2, 0) is 13.1 Å². The quantitative estimate of drug-likeness (QED) is 0.113. The number of pyridine rings is 4. The van der Waals surface area contributed by atoms with Gasteiger partial charge < -0.3 is 28.1 Å². The van der Waals surface area contributed by atoms with Gasteiger partial charge >= 0.3 is 0 Å². The molecule has 2 aliphatic heterocycles. The van der Waals surface area contributed by atoms with Gasteiger partial charge in [-0.2, -0.15) is 0 Å². The number of methoxy groups -OCH3 is 4.